The molecule has 3 rings (SSSR count). The van der Waals surface area contributed by atoms with Crippen LogP contribution in [0.25, 0.3) is 0 Å². The molecule has 1 heterocycles. The predicted octanol–water partition coefficient (Wildman–Crippen LogP) is 3.91. The molecule has 1 aromatic heterocycles. The number of hydrogen-bond acceptors (Lipinski definition) is 5. The quantitative estimate of drug-likeness (QED) is 0.468. The van der Waals surface area contributed by atoms with Crippen LogP contribution in [0.1, 0.15) is 15.2 Å². The van der Waals surface area contributed by atoms with Gasteiger partial charge in [0.2, 0.25) is 11.8 Å². The van der Waals surface area contributed by atoms with Crippen LogP contribution >= 0.6 is 23.1 Å². The minimum Gasteiger partial charge on any atom is -0.339 e. The van der Waals surface area contributed by atoms with Gasteiger partial charge in [-0.3, -0.25) is 14.4 Å². The monoisotopic (exact) mass is 467 g/mol. The van der Waals surface area contributed by atoms with E-state index in [2.05, 4.69) is 10.6 Å². The van der Waals surface area contributed by atoms with Crippen molar-refractivity contribution in [3.8, 4) is 0 Å². The number of thiophene rings is 1. The Kier molecular flexibility index (Phi) is 8.47. The van der Waals surface area contributed by atoms with Gasteiger partial charge in [-0.1, -0.05) is 48.5 Å². The largest absolute Gasteiger partial charge is 0.339 e. The van der Waals surface area contributed by atoms with Crippen molar-refractivity contribution >= 4 is 46.5 Å². The molecule has 8 heteroatoms. The normalized spacial score (nSPS) is 11.4. The smallest absolute Gasteiger partial charge is 0.262 e. The number of likely N-dealkylation sites (N-methyl/N-ethyl adjacent to an activating group) is 1. The van der Waals surface area contributed by atoms with Gasteiger partial charge in [-0.2, -0.15) is 0 Å². The third kappa shape index (κ3) is 6.45. The summed E-state index contributed by atoms with van der Waals surface area (Å²) in [4.78, 5) is 41.2. The second-order valence-electron chi connectivity index (χ2n) is 7.14. The number of benzene rings is 2. The standard InChI is InChI=1S/C24H25N3O3S2/c1-27(16-22(28)25-18-11-6-7-12-20(18)31-2)24(30)19(15-17-9-4-3-5-10-17)26-23(29)21-13-8-14-32-21/h3-14,19H,15-16H2,1-2H3,(H,25,28)(H,26,29). The van der Waals surface area contributed by atoms with Gasteiger partial charge in [-0.05, 0) is 35.4 Å². The highest BCUT2D eigenvalue weighted by atomic mass is 32.2. The van der Waals surface area contributed by atoms with Crippen LogP contribution in [0.3, 0.4) is 0 Å². The van der Waals surface area contributed by atoms with Crippen molar-refractivity contribution in [1.29, 1.82) is 0 Å². The first-order valence-corrected chi connectivity index (χ1v) is 12.1. The number of carbonyl (C=O) groups is 3. The second kappa shape index (κ2) is 11.5. The predicted molar refractivity (Wildman–Crippen MR) is 130 cm³/mol. The molecule has 0 saturated heterocycles. The van der Waals surface area contributed by atoms with Crippen LogP contribution in [0.15, 0.2) is 77.0 Å². The molecule has 2 aromatic carbocycles. The molecule has 166 valence electrons. The molecule has 1 unspecified atom stereocenters. The summed E-state index contributed by atoms with van der Waals surface area (Å²) >= 11 is 2.84. The number of anilines is 1. The molecule has 2 N–H and O–H groups in total. The van der Waals surface area contributed by atoms with E-state index in [-0.39, 0.29) is 24.3 Å². The number of hydrogen-bond donors (Lipinski definition) is 2. The lowest BCUT2D eigenvalue weighted by Gasteiger charge is -2.24. The molecule has 0 bridgehead atoms. The SMILES string of the molecule is CSc1ccccc1NC(=O)CN(C)C(=O)C(Cc1ccccc1)NC(=O)c1cccs1. The van der Waals surface area contributed by atoms with Crippen molar-refractivity contribution in [3.63, 3.8) is 0 Å². The molecule has 0 spiro atoms. The zero-order chi connectivity index (χ0) is 22.9. The van der Waals surface area contributed by atoms with Gasteiger partial charge >= 0.3 is 0 Å². The maximum absolute atomic E-state index is 13.2. The van der Waals surface area contributed by atoms with Crippen molar-refractivity contribution in [1.82, 2.24) is 10.2 Å². The number of nitrogens with one attached hydrogen (secondary N) is 2. The van der Waals surface area contributed by atoms with Crippen LogP contribution in [0, 0.1) is 0 Å². The average Bonchev–Trinajstić information content (AvgIpc) is 3.34. The van der Waals surface area contributed by atoms with Gasteiger partial charge in [-0.15, -0.1) is 23.1 Å². The van der Waals surface area contributed by atoms with E-state index in [4.69, 9.17) is 0 Å². The fourth-order valence-electron chi connectivity index (χ4n) is 3.18. The topological polar surface area (TPSA) is 78.5 Å². The summed E-state index contributed by atoms with van der Waals surface area (Å²) in [5.74, 6) is -0.932. The first kappa shape index (κ1) is 23.6. The van der Waals surface area contributed by atoms with Crippen LogP contribution in [-0.4, -0.2) is 48.5 Å². The van der Waals surface area contributed by atoms with E-state index >= 15 is 0 Å². The third-order valence-electron chi connectivity index (χ3n) is 4.77. The molecule has 1 atom stereocenters. The average molecular weight is 468 g/mol. The Morgan fingerprint density at radius 3 is 2.41 bits per heavy atom. The highest BCUT2D eigenvalue weighted by Gasteiger charge is 2.26. The minimum absolute atomic E-state index is 0.123. The number of thioether (sulfide) groups is 1. The fourth-order valence-corrected chi connectivity index (χ4v) is 4.36. The molecule has 0 saturated carbocycles. The van der Waals surface area contributed by atoms with Crippen molar-refractivity contribution in [2.24, 2.45) is 0 Å². The fraction of sp³-hybridized carbons (Fsp3) is 0.208. The number of nitrogens with zero attached hydrogens (tertiary/aromatic N) is 1. The summed E-state index contributed by atoms with van der Waals surface area (Å²) in [6, 6.07) is 19.7. The van der Waals surface area contributed by atoms with E-state index in [1.165, 1.54) is 28.0 Å². The van der Waals surface area contributed by atoms with Gasteiger partial charge < -0.3 is 15.5 Å². The van der Waals surface area contributed by atoms with Crippen LogP contribution < -0.4 is 10.6 Å². The third-order valence-corrected chi connectivity index (χ3v) is 6.43. The van der Waals surface area contributed by atoms with E-state index in [1.54, 1.807) is 19.2 Å². The van der Waals surface area contributed by atoms with Crippen LogP contribution in [0.2, 0.25) is 0 Å². The molecule has 6 nitrogen and oxygen atoms in total. The van der Waals surface area contributed by atoms with Crippen LogP contribution in [0.4, 0.5) is 5.69 Å². The zero-order valence-corrected chi connectivity index (χ0v) is 19.5. The molecular formula is C24H25N3O3S2. The minimum atomic E-state index is -0.789. The maximum atomic E-state index is 13.2. The van der Waals surface area contributed by atoms with Crippen LogP contribution in [-0.2, 0) is 16.0 Å². The van der Waals surface area contributed by atoms with Crippen molar-refractivity contribution in [2.75, 3.05) is 25.2 Å². The van der Waals surface area contributed by atoms with Gasteiger partial charge in [0.25, 0.3) is 5.91 Å². The zero-order valence-electron chi connectivity index (χ0n) is 17.9. The highest BCUT2D eigenvalue weighted by Crippen LogP contribution is 2.24. The van der Waals surface area contributed by atoms with Gasteiger partial charge in [0.1, 0.15) is 6.04 Å². The van der Waals surface area contributed by atoms with Gasteiger partial charge in [0.05, 0.1) is 17.1 Å². The van der Waals surface area contributed by atoms with Gasteiger partial charge in [-0.25, -0.2) is 0 Å². The summed E-state index contributed by atoms with van der Waals surface area (Å²) in [6.45, 7) is -0.123. The first-order chi connectivity index (χ1) is 15.5. The van der Waals surface area contributed by atoms with E-state index in [1.807, 2.05) is 66.2 Å². The summed E-state index contributed by atoms with van der Waals surface area (Å²) in [5, 5.41) is 7.51. The molecule has 32 heavy (non-hydrogen) atoms. The lowest BCUT2D eigenvalue weighted by Crippen LogP contribution is -2.50. The van der Waals surface area contributed by atoms with E-state index in [9.17, 15) is 14.4 Å². The highest BCUT2D eigenvalue weighted by molar-refractivity contribution is 7.98. The Labute approximate surface area is 196 Å². The Balaban J connectivity index is 1.69. The van der Waals surface area contributed by atoms with Gasteiger partial charge in [0, 0.05) is 18.4 Å². The molecule has 0 aliphatic carbocycles. The van der Waals surface area contributed by atoms with Crippen molar-refractivity contribution in [3.05, 3.63) is 82.6 Å². The maximum Gasteiger partial charge on any atom is 0.262 e. The molecule has 3 amide bonds. The van der Waals surface area contributed by atoms with Crippen LogP contribution in [0.5, 0.6) is 0 Å². The van der Waals surface area contributed by atoms with Crippen molar-refractivity contribution < 1.29 is 14.4 Å². The van der Waals surface area contributed by atoms with E-state index in [0.29, 0.717) is 17.0 Å². The Morgan fingerprint density at radius 1 is 1.00 bits per heavy atom. The second-order valence-corrected chi connectivity index (χ2v) is 8.93. The van der Waals surface area contributed by atoms with E-state index < -0.39 is 6.04 Å². The first-order valence-electron chi connectivity index (χ1n) is 10.0. The summed E-state index contributed by atoms with van der Waals surface area (Å²) in [7, 11) is 1.57. The molecule has 0 fully saturated rings. The Bertz CT molecular complexity index is 1060. The molecule has 0 aliphatic heterocycles. The molecule has 0 radical (unpaired) electrons. The van der Waals surface area contributed by atoms with Crippen molar-refractivity contribution in [2.45, 2.75) is 17.4 Å². The Hall–Kier alpha value is -3.10. The lowest BCUT2D eigenvalue weighted by molar-refractivity contribution is -0.135. The number of para-hydroxylation sites is 1. The Morgan fingerprint density at radius 2 is 1.72 bits per heavy atom. The molecular weight excluding hydrogens is 442 g/mol. The molecule has 0 aliphatic rings. The van der Waals surface area contributed by atoms with E-state index in [0.717, 1.165) is 10.5 Å². The summed E-state index contributed by atoms with van der Waals surface area (Å²) < 4.78 is 0. The number of amides is 3. The summed E-state index contributed by atoms with van der Waals surface area (Å²) in [5.41, 5.74) is 1.63. The summed E-state index contributed by atoms with van der Waals surface area (Å²) in [6.07, 6.45) is 2.27. The number of rotatable bonds is 9. The van der Waals surface area contributed by atoms with Gasteiger partial charge in [0.15, 0.2) is 0 Å². The molecule has 3 aromatic rings. The number of carbonyl (C=O) groups excluding carboxylic acids is 3. The lowest BCUT2D eigenvalue weighted by atomic mass is 10.0.